The largest absolute Gasteiger partial charge is 0.480 e. The van der Waals surface area contributed by atoms with E-state index in [0.29, 0.717) is 12.0 Å². The number of carboxylic acids is 2. The lowest BCUT2D eigenvalue weighted by Crippen LogP contribution is -2.47. The number of benzene rings is 3. The molecular formula is C27H29NO6. The minimum Gasteiger partial charge on any atom is -0.480 e. The van der Waals surface area contributed by atoms with Crippen molar-refractivity contribution in [3.8, 4) is 11.1 Å². The molecule has 3 aromatic carbocycles. The van der Waals surface area contributed by atoms with Crippen LogP contribution in [0.3, 0.4) is 0 Å². The maximum atomic E-state index is 12.7. The number of aliphatic carboxylic acids is 1. The highest BCUT2D eigenvalue weighted by Crippen LogP contribution is 2.28. The van der Waals surface area contributed by atoms with E-state index in [0.717, 1.165) is 21.9 Å². The van der Waals surface area contributed by atoms with E-state index in [4.69, 9.17) is 4.74 Å². The van der Waals surface area contributed by atoms with E-state index in [2.05, 4.69) is 0 Å². The zero-order valence-corrected chi connectivity index (χ0v) is 19.5. The first-order valence-corrected chi connectivity index (χ1v) is 11.2. The molecule has 0 saturated heterocycles. The molecule has 0 aliphatic rings. The van der Waals surface area contributed by atoms with Crippen molar-refractivity contribution in [1.29, 1.82) is 0 Å². The van der Waals surface area contributed by atoms with Crippen LogP contribution in [0.4, 0.5) is 4.79 Å². The Morgan fingerprint density at radius 2 is 1.62 bits per heavy atom. The highest BCUT2D eigenvalue weighted by molar-refractivity contribution is 5.98. The van der Waals surface area contributed by atoms with Crippen molar-refractivity contribution in [2.24, 2.45) is 5.92 Å². The van der Waals surface area contributed by atoms with Crippen LogP contribution in [0, 0.1) is 5.92 Å². The monoisotopic (exact) mass is 463 g/mol. The second-order valence-corrected chi connectivity index (χ2v) is 8.52. The van der Waals surface area contributed by atoms with Crippen LogP contribution >= 0.6 is 0 Å². The molecule has 0 aliphatic carbocycles. The maximum absolute atomic E-state index is 12.7. The van der Waals surface area contributed by atoms with Gasteiger partial charge in [0, 0.05) is 6.54 Å². The molecule has 0 saturated carbocycles. The van der Waals surface area contributed by atoms with Crippen molar-refractivity contribution in [3.63, 3.8) is 0 Å². The van der Waals surface area contributed by atoms with Crippen LogP contribution in [0.1, 0.15) is 43.1 Å². The molecule has 0 aliphatic heterocycles. The van der Waals surface area contributed by atoms with Crippen LogP contribution in [0.25, 0.3) is 21.9 Å². The molecule has 0 radical (unpaired) electrons. The highest BCUT2D eigenvalue weighted by atomic mass is 16.6. The number of hydrogen-bond acceptors (Lipinski definition) is 4. The minimum absolute atomic E-state index is 0.0945. The standard InChI is InChI=1S/C27H29NO6/c1-4-13-34-27(33)28(24(17(2)3)26(31)32)16-18-9-10-20-15-21(12-11-19(20)14-18)22-7-5-6-8-23(22)25(29)30/h5-12,14-15,17,24H,4,13,16H2,1-3H3,(H,29,30)(H,31,32)/t24-/m0/s1. The Hall–Kier alpha value is -3.87. The lowest BCUT2D eigenvalue weighted by atomic mass is 9.96. The molecule has 3 rings (SSSR count). The minimum atomic E-state index is -1.08. The van der Waals surface area contributed by atoms with Crippen molar-refractivity contribution in [3.05, 3.63) is 71.8 Å². The Morgan fingerprint density at radius 1 is 0.941 bits per heavy atom. The highest BCUT2D eigenvalue weighted by Gasteiger charge is 2.33. The fourth-order valence-electron chi connectivity index (χ4n) is 4.01. The quantitative estimate of drug-likeness (QED) is 0.424. The first-order valence-electron chi connectivity index (χ1n) is 11.2. The Labute approximate surface area is 198 Å². The van der Waals surface area contributed by atoms with Crippen molar-refractivity contribution in [1.82, 2.24) is 4.90 Å². The SMILES string of the molecule is CCCOC(=O)N(Cc1ccc2cc(-c3ccccc3C(=O)O)ccc2c1)[C@H](C(=O)O)C(C)C. The summed E-state index contributed by atoms with van der Waals surface area (Å²) in [5, 5.41) is 21.0. The van der Waals surface area contributed by atoms with Crippen LogP contribution in [0.15, 0.2) is 60.7 Å². The number of ether oxygens (including phenoxy) is 1. The smallest absolute Gasteiger partial charge is 0.410 e. The molecule has 0 bridgehead atoms. The number of carbonyl (C=O) groups excluding carboxylic acids is 1. The third kappa shape index (κ3) is 5.54. The summed E-state index contributed by atoms with van der Waals surface area (Å²) in [7, 11) is 0. The molecule has 7 heteroatoms. The molecule has 0 heterocycles. The number of rotatable bonds is 9. The number of amides is 1. The summed E-state index contributed by atoms with van der Waals surface area (Å²) in [6, 6.07) is 17.1. The first-order chi connectivity index (χ1) is 16.2. The Kier molecular flexibility index (Phi) is 7.89. The fourth-order valence-corrected chi connectivity index (χ4v) is 4.01. The van der Waals surface area contributed by atoms with Crippen LogP contribution in [-0.2, 0) is 16.1 Å². The van der Waals surface area contributed by atoms with E-state index in [-0.39, 0.29) is 24.6 Å². The third-order valence-electron chi connectivity index (χ3n) is 5.61. The molecule has 0 unspecified atom stereocenters. The Morgan fingerprint density at radius 3 is 2.26 bits per heavy atom. The predicted octanol–water partition coefficient (Wildman–Crippen LogP) is 5.66. The van der Waals surface area contributed by atoms with Gasteiger partial charge in [-0.3, -0.25) is 4.90 Å². The summed E-state index contributed by atoms with van der Waals surface area (Å²) in [6.07, 6.45) is -0.00820. The number of carboxylic acid groups (broad SMARTS) is 2. The average Bonchev–Trinajstić information content (AvgIpc) is 2.81. The molecular weight excluding hydrogens is 434 g/mol. The molecule has 0 aromatic heterocycles. The Bertz CT molecular complexity index is 1200. The summed E-state index contributed by atoms with van der Waals surface area (Å²) in [4.78, 5) is 37.5. The molecule has 1 amide bonds. The van der Waals surface area contributed by atoms with Gasteiger partial charge in [-0.15, -0.1) is 0 Å². The fraction of sp³-hybridized carbons (Fsp3) is 0.296. The summed E-state index contributed by atoms with van der Waals surface area (Å²) in [6.45, 7) is 5.71. The van der Waals surface area contributed by atoms with E-state index >= 15 is 0 Å². The second kappa shape index (κ2) is 10.8. The lowest BCUT2D eigenvalue weighted by molar-refractivity contribution is -0.144. The maximum Gasteiger partial charge on any atom is 0.410 e. The van der Waals surface area contributed by atoms with Crippen molar-refractivity contribution in [2.45, 2.75) is 39.8 Å². The molecule has 2 N–H and O–H groups in total. The molecule has 7 nitrogen and oxygen atoms in total. The van der Waals surface area contributed by atoms with Gasteiger partial charge in [-0.1, -0.05) is 63.2 Å². The molecule has 178 valence electrons. The average molecular weight is 464 g/mol. The second-order valence-electron chi connectivity index (χ2n) is 8.52. The zero-order valence-electron chi connectivity index (χ0n) is 19.5. The van der Waals surface area contributed by atoms with E-state index < -0.39 is 24.1 Å². The van der Waals surface area contributed by atoms with E-state index in [1.807, 2.05) is 43.3 Å². The van der Waals surface area contributed by atoms with Gasteiger partial charge in [0.2, 0.25) is 0 Å². The number of aromatic carboxylic acids is 1. The van der Waals surface area contributed by atoms with Crippen LogP contribution in [0.2, 0.25) is 0 Å². The molecule has 34 heavy (non-hydrogen) atoms. The van der Waals surface area contributed by atoms with Gasteiger partial charge in [0.25, 0.3) is 0 Å². The van der Waals surface area contributed by atoms with Gasteiger partial charge in [-0.05, 0) is 58.0 Å². The topological polar surface area (TPSA) is 104 Å². The van der Waals surface area contributed by atoms with E-state index in [1.54, 1.807) is 38.1 Å². The van der Waals surface area contributed by atoms with Gasteiger partial charge in [-0.2, -0.15) is 0 Å². The summed E-state index contributed by atoms with van der Waals surface area (Å²) in [5.41, 5.74) is 2.42. The predicted molar refractivity (Wildman–Crippen MR) is 130 cm³/mol. The molecule has 0 spiro atoms. The van der Waals surface area contributed by atoms with Crippen molar-refractivity contribution in [2.75, 3.05) is 6.61 Å². The number of carbonyl (C=O) groups is 3. The van der Waals surface area contributed by atoms with Gasteiger partial charge in [-0.25, -0.2) is 14.4 Å². The summed E-state index contributed by atoms with van der Waals surface area (Å²) in [5.74, 6) is -2.37. The van der Waals surface area contributed by atoms with Gasteiger partial charge >= 0.3 is 18.0 Å². The first kappa shape index (κ1) is 24.8. The normalized spacial score (nSPS) is 11.9. The van der Waals surface area contributed by atoms with Gasteiger partial charge in [0.05, 0.1) is 12.2 Å². The Balaban J connectivity index is 1.95. The van der Waals surface area contributed by atoms with Gasteiger partial charge in [0.1, 0.15) is 6.04 Å². The van der Waals surface area contributed by atoms with Gasteiger partial charge in [0.15, 0.2) is 0 Å². The molecule has 0 fully saturated rings. The summed E-state index contributed by atoms with van der Waals surface area (Å²) < 4.78 is 5.27. The zero-order chi connectivity index (χ0) is 24.8. The lowest BCUT2D eigenvalue weighted by Gasteiger charge is -2.30. The number of fused-ring (bicyclic) bond motifs is 1. The van der Waals surface area contributed by atoms with Crippen LogP contribution in [-0.4, -0.2) is 45.8 Å². The number of hydrogen-bond donors (Lipinski definition) is 2. The number of nitrogens with zero attached hydrogens (tertiary/aromatic N) is 1. The molecule has 3 aromatic rings. The van der Waals surface area contributed by atoms with Crippen molar-refractivity contribution >= 4 is 28.8 Å². The van der Waals surface area contributed by atoms with Crippen molar-refractivity contribution < 1.29 is 29.3 Å². The van der Waals surface area contributed by atoms with Crippen LogP contribution in [0.5, 0.6) is 0 Å². The van der Waals surface area contributed by atoms with Crippen LogP contribution < -0.4 is 0 Å². The third-order valence-corrected chi connectivity index (χ3v) is 5.61. The van der Waals surface area contributed by atoms with Gasteiger partial charge < -0.3 is 14.9 Å². The van der Waals surface area contributed by atoms with E-state index in [1.165, 1.54) is 4.90 Å². The summed E-state index contributed by atoms with van der Waals surface area (Å²) >= 11 is 0. The van der Waals surface area contributed by atoms with E-state index in [9.17, 15) is 24.6 Å². The molecule has 1 atom stereocenters.